The van der Waals surface area contributed by atoms with E-state index in [9.17, 15) is 0 Å². The summed E-state index contributed by atoms with van der Waals surface area (Å²) in [7, 11) is 4.01. The van der Waals surface area contributed by atoms with Gasteiger partial charge in [0.25, 0.3) is 0 Å². The summed E-state index contributed by atoms with van der Waals surface area (Å²) in [6.45, 7) is 10.5. The van der Waals surface area contributed by atoms with Crippen molar-refractivity contribution in [1.82, 2.24) is 4.90 Å². The molecule has 0 unspecified atom stereocenters. The van der Waals surface area contributed by atoms with Gasteiger partial charge in [-0.1, -0.05) is 37.5 Å². The highest BCUT2D eigenvalue weighted by Crippen LogP contribution is 2.10. The Hall–Kier alpha value is -1.54. The second kappa shape index (κ2) is 8.59. The number of hydrogen-bond acceptors (Lipinski definition) is 2. The zero-order valence-corrected chi connectivity index (χ0v) is 11.2. The number of rotatable bonds is 7. The molecule has 0 aromatic heterocycles. The van der Waals surface area contributed by atoms with E-state index in [1.165, 1.54) is 5.57 Å². The lowest BCUT2D eigenvalue weighted by molar-refractivity contribution is 0.525. The van der Waals surface area contributed by atoms with E-state index in [0.29, 0.717) is 6.54 Å². The van der Waals surface area contributed by atoms with E-state index in [1.54, 1.807) is 0 Å². The molecule has 0 fully saturated rings. The zero-order chi connectivity index (χ0) is 13.3. The average Bonchev–Trinajstić information content (AvgIpc) is 2.27. The maximum Gasteiger partial charge on any atom is 0.0384 e. The van der Waals surface area contributed by atoms with Crippen molar-refractivity contribution in [3.63, 3.8) is 0 Å². The summed E-state index contributed by atoms with van der Waals surface area (Å²) in [5.74, 6) is 0. The molecule has 0 aliphatic rings. The fourth-order valence-electron chi connectivity index (χ4n) is 1.40. The minimum atomic E-state index is 0.674. The third kappa shape index (κ3) is 6.59. The first-order chi connectivity index (χ1) is 8.02. The van der Waals surface area contributed by atoms with Crippen LogP contribution >= 0.6 is 0 Å². The Morgan fingerprint density at radius 1 is 1.24 bits per heavy atom. The molecule has 0 aliphatic heterocycles. The van der Waals surface area contributed by atoms with Crippen LogP contribution in [0, 0.1) is 0 Å². The summed E-state index contributed by atoms with van der Waals surface area (Å²) in [5, 5.41) is 0. The van der Waals surface area contributed by atoms with Crippen LogP contribution in [0.4, 0.5) is 0 Å². The summed E-state index contributed by atoms with van der Waals surface area (Å²) in [6, 6.07) is 0. The molecule has 0 spiro atoms. The van der Waals surface area contributed by atoms with Crippen LogP contribution in [0.1, 0.15) is 13.3 Å². The molecule has 0 atom stereocenters. The van der Waals surface area contributed by atoms with Crippen LogP contribution in [0.25, 0.3) is 0 Å². The van der Waals surface area contributed by atoms with Gasteiger partial charge in [-0.15, -0.1) is 0 Å². The van der Waals surface area contributed by atoms with Gasteiger partial charge in [-0.3, -0.25) is 0 Å². The summed E-state index contributed by atoms with van der Waals surface area (Å²) in [5.41, 5.74) is 8.65. The van der Waals surface area contributed by atoms with Gasteiger partial charge in [0, 0.05) is 19.8 Å². The molecule has 0 aromatic rings. The van der Waals surface area contributed by atoms with Crippen molar-refractivity contribution in [2.75, 3.05) is 20.6 Å². The summed E-state index contributed by atoms with van der Waals surface area (Å²) >= 11 is 0. The summed E-state index contributed by atoms with van der Waals surface area (Å²) in [6.07, 6.45) is 10.8. The number of hydrogen-bond donors (Lipinski definition) is 1. The molecule has 0 aliphatic carbocycles. The van der Waals surface area contributed by atoms with E-state index in [4.69, 9.17) is 5.73 Å². The second-order valence-corrected chi connectivity index (χ2v) is 4.05. The Balaban J connectivity index is 4.61. The molecule has 0 rings (SSSR count). The van der Waals surface area contributed by atoms with Crippen molar-refractivity contribution in [2.45, 2.75) is 13.3 Å². The van der Waals surface area contributed by atoms with Gasteiger partial charge in [0.05, 0.1) is 0 Å². The van der Waals surface area contributed by atoms with Crippen LogP contribution in [0.2, 0.25) is 0 Å². The van der Waals surface area contributed by atoms with E-state index in [1.807, 2.05) is 49.4 Å². The number of nitrogens with zero attached hydrogens (tertiary/aromatic N) is 1. The predicted molar refractivity (Wildman–Crippen MR) is 77.7 cm³/mol. The van der Waals surface area contributed by atoms with E-state index < -0.39 is 0 Å². The first kappa shape index (κ1) is 15.5. The maximum absolute atomic E-state index is 5.40. The van der Waals surface area contributed by atoms with Gasteiger partial charge < -0.3 is 10.6 Å². The minimum absolute atomic E-state index is 0.674. The van der Waals surface area contributed by atoms with Gasteiger partial charge in [-0.25, -0.2) is 0 Å². The van der Waals surface area contributed by atoms with E-state index in [0.717, 1.165) is 17.7 Å². The third-order valence-corrected chi connectivity index (χ3v) is 2.29. The SMILES string of the molecule is C=C/C(=C(C)\C=C/C(=C)/C=C/CCN)N(C)C. The topological polar surface area (TPSA) is 29.3 Å². The molecule has 2 N–H and O–H groups in total. The van der Waals surface area contributed by atoms with Crippen LogP contribution in [-0.4, -0.2) is 25.5 Å². The highest BCUT2D eigenvalue weighted by Gasteiger charge is 1.97. The standard InChI is InChI=1S/C15H24N2/c1-6-15(17(4)5)14(3)11-10-13(2)9-7-8-12-16/h6-7,9-11H,1-2,8,12,16H2,3-5H3/b9-7+,11-10-,15-14+. The van der Waals surface area contributed by atoms with E-state index in [2.05, 4.69) is 20.1 Å². The molecule has 94 valence electrons. The van der Waals surface area contributed by atoms with Gasteiger partial charge >= 0.3 is 0 Å². The highest BCUT2D eigenvalue weighted by atomic mass is 15.1. The Morgan fingerprint density at radius 3 is 2.35 bits per heavy atom. The third-order valence-electron chi connectivity index (χ3n) is 2.29. The van der Waals surface area contributed by atoms with Crippen LogP contribution in [0.5, 0.6) is 0 Å². The molecular weight excluding hydrogens is 208 g/mol. The lowest BCUT2D eigenvalue weighted by Gasteiger charge is -2.15. The van der Waals surface area contributed by atoms with Crippen molar-refractivity contribution in [3.8, 4) is 0 Å². The fourth-order valence-corrected chi connectivity index (χ4v) is 1.40. The zero-order valence-electron chi connectivity index (χ0n) is 11.2. The molecule has 0 saturated carbocycles. The molecule has 17 heavy (non-hydrogen) atoms. The van der Waals surface area contributed by atoms with Crippen LogP contribution in [0.15, 0.2) is 60.4 Å². The van der Waals surface area contributed by atoms with Gasteiger partial charge in [0.1, 0.15) is 0 Å². The Bertz CT molecular complexity index is 344. The van der Waals surface area contributed by atoms with Crippen molar-refractivity contribution in [3.05, 3.63) is 60.4 Å². The van der Waals surface area contributed by atoms with Crippen molar-refractivity contribution in [1.29, 1.82) is 0 Å². The maximum atomic E-state index is 5.40. The van der Waals surface area contributed by atoms with Gasteiger partial charge in [0.15, 0.2) is 0 Å². The Kier molecular flexibility index (Phi) is 7.82. The molecule has 0 aromatic carbocycles. The molecular formula is C15H24N2. The van der Waals surface area contributed by atoms with Crippen molar-refractivity contribution >= 4 is 0 Å². The summed E-state index contributed by atoms with van der Waals surface area (Å²) in [4.78, 5) is 2.04. The largest absolute Gasteiger partial charge is 0.377 e. The van der Waals surface area contributed by atoms with Crippen LogP contribution < -0.4 is 5.73 Å². The Morgan fingerprint density at radius 2 is 1.88 bits per heavy atom. The second-order valence-electron chi connectivity index (χ2n) is 4.05. The molecule has 0 saturated heterocycles. The van der Waals surface area contributed by atoms with Gasteiger partial charge in [0.2, 0.25) is 0 Å². The monoisotopic (exact) mass is 232 g/mol. The first-order valence-corrected chi connectivity index (χ1v) is 5.77. The van der Waals surface area contributed by atoms with Crippen molar-refractivity contribution < 1.29 is 0 Å². The van der Waals surface area contributed by atoms with Crippen LogP contribution in [0.3, 0.4) is 0 Å². The van der Waals surface area contributed by atoms with Gasteiger partial charge in [-0.05, 0) is 37.1 Å². The quantitative estimate of drug-likeness (QED) is 0.684. The van der Waals surface area contributed by atoms with Crippen LogP contribution in [-0.2, 0) is 0 Å². The highest BCUT2D eigenvalue weighted by molar-refractivity contribution is 5.36. The molecule has 0 bridgehead atoms. The van der Waals surface area contributed by atoms with Gasteiger partial charge in [-0.2, -0.15) is 0 Å². The molecule has 0 amide bonds. The molecule has 2 nitrogen and oxygen atoms in total. The first-order valence-electron chi connectivity index (χ1n) is 5.77. The fraction of sp³-hybridized carbons (Fsp3) is 0.333. The average molecular weight is 232 g/mol. The van der Waals surface area contributed by atoms with E-state index >= 15 is 0 Å². The van der Waals surface area contributed by atoms with E-state index in [-0.39, 0.29) is 0 Å². The lowest BCUT2D eigenvalue weighted by atomic mass is 10.1. The number of nitrogens with two attached hydrogens (primary N) is 1. The molecule has 0 heterocycles. The summed E-state index contributed by atoms with van der Waals surface area (Å²) < 4.78 is 0. The smallest absolute Gasteiger partial charge is 0.0384 e. The minimum Gasteiger partial charge on any atom is -0.377 e. The number of allylic oxidation sites excluding steroid dienone is 6. The lowest BCUT2D eigenvalue weighted by Crippen LogP contribution is -2.10. The number of likely N-dealkylation sites (N-methyl/N-ethyl adjacent to an activating group) is 1. The molecule has 0 radical (unpaired) electrons. The predicted octanol–water partition coefficient (Wildman–Crippen LogP) is 3.03. The molecule has 2 heteroatoms. The normalized spacial score (nSPS) is 12.9. The van der Waals surface area contributed by atoms with Crippen molar-refractivity contribution in [2.24, 2.45) is 5.73 Å². The Labute approximate surface area is 106 Å².